The monoisotopic (exact) mass is 246 g/mol. The molecule has 0 spiro atoms. The number of likely N-dealkylation sites (N-methyl/N-ethyl adjacent to an activating group) is 1. The number of nitrogens with zero attached hydrogens (tertiary/aromatic N) is 3. The van der Waals surface area contributed by atoms with E-state index in [0.717, 1.165) is 24.6 Å². The van der Waals surface area contributed by atoms with Crippen molar-refractivity contribution < 1.29 is 0 Å². The van der Waals surface area contributed by atoms with Gasteiger partial charge in [0.2, 0.25) is 0 Å². The lowest BCUT2D eigenvalue weighted by Crippen LogP contribution is -2.18. The van der Waals surface area contributed by atoms with Crippen molar-refractivity contribution in [1.82, 2.24) is 9.97 Å². The molecule has 0 saturated heterocycles. The molecule has 4 nitrogen and oxygen atoms in total. The van der Waals surface area contributed by atoms with Crippen LogP contribution in [0.4, 0.5) is 5.82 Å². The summed E-state index contributed by atoms with van der Waals surface area (Å²) in [6, 6.07) is -0.0792. The van der Waals surface area contributed by atoms with E-state index in [-0.39, 0.29) is 6.04 Å². The van der Waals surface area contributed by atoms with Crippen LogP contribution >= 0.6 is 0 Å². The fraction of sp³-hybridized carbons (Fsp3) is 0.714. The summed E-state index contributed by atoms with van der Waals surface area (Å²) >= 11 is 0. The van der Waals surface area contributed by atoms with Gasteiger partial charge in [0.25, 0.3) is 0 Å². The fourth-order valence-corrected chi connectivity index (χ4v) is 3.19. The van der Waals surface area contributed by atoms with Crippen LogP contribution in [0.25, 0.3) is 0 Å². The maximum atomic E-state index is 5.98. The van der Waals surface area contributed by atoms with Gasteiger partial charge in [0.15, 0.2) is 0 Å². The zero-order chi connectivity index (χ0) is 12.7. The van der Waals surface area contributed by atoms with Crippen LogP contribution < -0.4 is 10.6 Å². The Morgan fingerprint density at radius 2 is 2.00 bits per heavy atom. The molecule has 98 valence electrons. The first-order valence-corrected chi connectivity index (χ1v) is 7.04. The standard InChI is InChI=1S/C14H22N4/c1-9(15)13-16-12(10-5-3-4-6-10)11-7-8-18(2)14(11)17-13/h9-10H,3-8,15H2,1-2H3. The Labute approximate surface area is 109 Å². The second kappa shape index (κ2) is 4.50. The average Bonchev–Trinajstić information content (AvgIpc) is 2.98. The molecule has 18 heavy (non-hydrogen) atoms. The lowest BCUT2D eigenvalue weighted by Gasteiger charge is -2.18. The van der Waals surface area contributed by atoms with Crippen LogP contribution in [0, 0.1) is 0 Å². The predicted octanol–water partition coefficient (Wildman–Crippen LogP) is 2.15. The van der Waals surface area contributed by atoms with Gasteiger partial charge >= 0.3 is 0 Å². The molecule has 0 radical (unpaired) electrons. The third-order valence-corrected chi connectivity index (χ3v) is 4.24. The second-order valence-corrected chi connectivity index (χ2v) is 5.71. The number of aromatic nitrogens is 2. The molecule has 1 aliphatic carbocycles. The Balaban J connectivity index is 2.08. The molecule has 1 unspecified atom stereocenters. The maximum absolute atomic E-state index is 5.98. The molecular formula is C14H22N4. The molecule has 0 amide bonds. The van der Waals surface area contributed by atoms with Crippen LogP contribution in [-0.4, -0.2) is 23.6 Å². The third kappa shape index (κ3) is 1.88. The van der Waals surface area contributed by atoms with Crippen molar-refractivity contribution in [2.45, 2.75) is 51.0 Å². The van der Waals surface area contributed by atoms with Gasteiger partial charge in [0, 0.05) is 25.1 Å². The number of nitrogens with two attached hydrogens (primary N) is 1. The zero-order valence-electron chi connectivity index (χ0n) is 11.3. The molecule has 1 aliphatic heterocycles. The molecule has 1 aromatic heterocycles. The first-order valence-electron chi connectivity index (χ1n) is 7.04. The molecule has 0 bridgehead atoms. The summed E-state index contributed by atoms with van der Waals surface area (Å²) in [5.41, 5.74) is 8.66. The van der Waals surface area contributed by atoms with Crippen LogP contribution in [0.1, 0.15) is 61.6 Å². The van der Waals surface area contributed by atoms with E-state index in [9.17, 15) is 0 Å². The van der Waals surface area contributed by atoms with E-state index in [1.165, 1.54) is 36.9 Å². The van der Waals surface area contributed by atoms with Gasteiger partial charge in [0.05, 0.1) is 11.7 Å². The minimum Gasteiger partial charge on any atom is -0.359 e. The van der Waals surface area contributed by atoms with E-state index in [1.54, 1.807) is 0 Å². The van der Waals surface area contributed by atoms with Crippen LogP contribution in [0.5, 0.6) is 0 Å². The quantitative estimate of drug-likeness (QED) is 0.868. The van der Waals surface area contributed by atoms with Gasteiger partial charge in [-0.3, -0.25) is 0 Å². The number of anilines is 1. The first kappa shape index (κ1) is 11.9. The SMILES string of the molecule is CC(N)c1nc(C2CCCC2)c2c(n1)N(C)CC2. The predicted molar refractivity (Wildman–Crippen MR) is 72.8 cm³/mol. The molecule has 2 heterocycles. The van der Waals surface area contributed by atoms with Crippen molar-refractivity contribution in [2.75, 3.05) is 18.5 Å². The van der Waals surface area contributed by atoms with Crippen LogP contribution in [0.3, 0.4) is 0 Å². The van der Waals surface area contributed by atoms with E-state index in [0.29, 0.717) is 5.92 Å². The minimum absolute atomic E-state index is 0.0792. The van der Waals surface area contributed by atoms with Crippen molar-refractivity contribution in [2.24, 2.45) is 5.73 Å². The molecule has 1 aromatic rings. The largest absolute Gasteiger partial charge is 0.359 e. The molecule has 4 heteroatoms. The molecule has 2 aliphatic rings. The lowest BCUT2D eigenvalue weighted by molar-refractivity contribution is 0.655. The lowest BCUT2D eigenvalue weighted by atomic mass is 9.98. The van der Waals surface area contributed by atoms with Crippen molar-refractivity contribution in [3.05, 3.63) is 17.1 Å². The van der Waals surface area contributed by atoms with E-state index in [1.807, 2.05) is 6.92 Å². The summed E-state index contributed by atoms with van der Waals surface area (Å²) in [5.74, 6) is 2.58. The van der Waals surface area contributed by atoms with Crippen LogP contribution in [0.2, 0.25) is 0 Å². The van der Waals surface area contributed by atoms with Crippen molar-refractivity contribution in [3.63, 3.8) is 0 Å². The van der Waals surface area contributed by atoms with E-state index < -0.39 is 0 Å². The van der Waals surface area contributed by atoms with Gasteiger partial charge in [-0.05, 0) is 26.2 Å². The van der Waals surface area contributed by atoms with E-state index >= 15 is 0 Å². The Bertz CT molecular complexity index is 449. The fourth-order valence-electron chi connectivity index (χ4n) is 3.19. The van der Waals surface area contributed by atoms with Crippen molar-refractivity contribution in [1.29, 1.82) is 0 Å². The molecule has 1 fully saturated rings. The molecule has 0 aromatic carbocycles. The summed E-state index contributed by atoms with van der Waals surface area (Å²) in [6.45, 7) is 3.03. The molecular weight excluding hydrogens is 224 g/mol. The summed E-state index contributed by atoms with van der Waals surface area (Å²) in [4.78, 5) is 11.7. The minimum atomic E-state index is -0.0792. The van der Waals surface area contributed by atoms with Gasteiger partial charge in [-0.2, -0.15) is 0 Å². The van der Waals surface area contributed by atoms with Crippen LogP contribution in [-0.2, 0) is 6.42 Å². The number of hydrogen-bond acceptors (Lipinski definition) is 4. The van der Waals surface area contributed by atoms with Gasteiger partial charge in [-0.25, -0.2) is 9.97 Å². The number of rotatable bonds is 2. The first-order chi connectivity index (χ1) is 8.66. The zero-order valence-corrected chi connectivity index (χ0v) is 11.3. The Morgan fingerprint density at radius 3 is 2.67 bits per heavy atom. The topological polar surface area (TPSA) is 55.0 Å². The average molecular weight is 246 g/mol. The molecule has 1 atom stereocenters. The van der Waals surface area contributed by atoms with E-state index in [4.69, 9.17) is 10.7 Å². The van der Waals surface area contributed by atoms with Crippen LogP contribution in [0.15, 0.2) is 0 Å². The van der Waals surface area contributed by atoms with Gasteiger partial charge < -0.3 is 10.6 Å². The van der Waals surface area contributed by atoms with Gasteiger partial charge in [-0.1, -0.05) is 12.8 Å². The summed E-state index contributed by atoms with van der Waals surface area (Å²) in [7, 11) is 2.11. The summed E-state index contributed by atoms with van der Waals surface area (Å²) < 4.78 is 0. The normalized spacial score (nSPS) is 21.4. The highest BCUT2D eigenvalue weighted by atomic mass is 15.2. The molecule has 2 N–H and O–H groups in total. The number of fused-ring (bicyclic) bond motifs is 1. The maximum Gasteiger partial charge on any atom is 0.147 e. The third-order valence-electron chi connectivity index (χ3n) is 4.24. The van der Waals surface area contributed by atoms with Crippen molar-refractivity contribution in [3.8, 4) is 0 Å². The summed E-state index contributed by atoms with van der Waals surface area (Å²) in [6.07, 6.45) is 6.34. The van der Waals surface area contributed by atoms with Crippen molar-refractivity contribution >= 4 is 5.82 Å². The Kier molecular flexibility index (Phi) is 2.98. The highest BCUT2D eigenvalue weighted by molar-refractivity contribution is 5.54. The Morgan fingerprint density at radius 1 is 1.28 bits per heavy atom. The second-order valence-electron chi connectivity index (χ2n) is 5.71. The van der Waals surface area contributed by atoms with E-state index in [2.05, 4.69) is 16.9 Å². The summed E-state index contributed by atoms with van der Waals surface area (Å²) in [5, 5.41) is 0. The Hall–Kier alpha value is -1.16. The highest BCUT2D eigenvalue weighted by Crippen LogP contribution is 2.39. The smallest absolute Gasteiger partial charge is 0.147 e. The van der Waals surface area contributed by atoms with Gasteiger partial charge in [0.1, 0.15) is 11.6 Å². The number of hydrogen-bond donors (Lipinski definition) is 1. The molecule has 3 rings (SSSR count). The van der Waals surface area contributed by atoms with Gasteiger partial charge in [-0.15, -0.1) is 0 Å². The molecule has 1 saturated carbocycles. The highest BCUT2D eigenvalue weighted by Gasteiger charge is 2.29.